The van der Waals surface area contributed by atoms with E-state index in [1.54, 1.807) is 56.4 Å². The number of amides is 3. The van der Waals surface area contributed by atoms with Crippen molar-refractivity contribution in [3.8, 4) is 27.3 Å². The summed E-state index contributed by atoms with van der Waals surface area (Å²) in [6, 6.07) is 14.2. The van der Waals surface area contributed by atoms with Crippen molar-refractivity contribution in [2.45, 2.75) is 72.6 Å². The lowest BCUT2D eigenvalue weighted by atomic mass is 9.93. The smallest absolute Gasteiger partial charge is 0.407 e. The van der Waals surface area contributed by atoms with Gasteiger partial charge in [-0.15, -0.1) is 11.3 Å². The van der Waals surface area contributed by atoms with Gasteiger partial charge in [-0.1, -0.05) is 19.1 Å². The van der Waals surface area contributed by atoms with Crippen molar-refractivity contribution in [1.82, 2.24) is 15.6 Å². The van der Waals surface area contributed by atoms with Crippen LogP contribution in [-0.4, -0.2) is 54.2 Å². The van der Waals surface area contributed by atoms with Crippen molar-refractivity contribution in [3.63, 3.8) is 0 Å². The van der Waals surface area contributed by atoms with Crippen molar-refractivity contribution < 1.29 is 33.4 Å². The highest BCUT2D eigenvalue weighted by Crippen LogP contribution is 2.44. The van der Waals surface area contributed by atoms with Gasteiger partial charge in [0.2, 0.25) is 0 Å². The van der Waals surface area contributed by atoms with Crippen LogP contribution in [-0.2, 0) is 22.4 Å². The van der Waals surface area contributed by atoms with Crippen LogP contribution in [0.15, 0.2) is 53.9 Å². The lowest BCUT2D eigenvalue weighted by molar-refractivity contribution is 0.0522. The van der Waals surface area contributed by atoms with E-state index in [4.69, 9.17) is 14.2 Å². The minimum absolute atomic E-state index is 0.0494. The third-order valence-corrected chi connectivity index (χ3v) is 8.89. The Balaban J connectivity index is 1.56. The van der Waals surface area contributed by atoms with Crippen LogP contribution < -0.4 is 20.7 Å². The quantitative estimate of drug-likeness (QED) is 0.154. The van der Waals surface area contributed by atoms with E-state index >= 15 is 0 Å². The Bertz CT molecular complexity index is 1950. The molecule has 3 heterocycles. The third kappa shape index (κ3) is 8.31. The molecule has 12 heteroatoms. The Labute approximate surface area is 295 Å². The molecular weight excluding hydrogens is 657 g/mol. The zero-order valence-electron chi connectivity index (χ0n) is 29.3. The summed E-state index contributed by atoms with van der Waals surface area (Å²) in [6.45, 7) is 11.9. The molecule has 11 nitrogen and oxygen atoms in total. The van der Waals surface area contributed by atoms with Crippen LogP contribution in [0.2, 0.25) is 0 Å². The number of pyridine rings is 1. The Hall–Kier alpha value is -5.23. The Morgan fingerprint density at radius 3 is 2.46 bits per heavy atom. The minimum Gasteiger partial charge on any atom is -0.490 e. The molecule has 3 N–H and O–H groups in total. The summed E-state index contributed by atoms with van der Waals surface area (Å²) in [7, 11) is 1.24. The van der Waals surface area contributed by atoms with Crippen LogP contribution in [0.3, 0.4) is 0 Å². The SMILES string of the molecule is CCCNC(=O)c1ccc(-c2cc3c(cc2C(=O)Nc2ccc(CNC(=O)OC(C)(C)C)cc2C)-c2sccc2C[C@H](C)O3)c(C(=O)OC)n1. The average Bonchev–Trinajstić information content (AvgIpc) is 3.48. The Kier molecular flexibility index (Phi) is 10.9. The highest BCUT2D eigenvalue weighted by atomic mass is 32.1. The second-order valence-corrected chi connectivity index (χ2v) is 14.0. The van der Waals surface area contributed by atoms with E-state index in [-0.39, 0.29) is 29.6 Å². The second kappa shape index (κ2) is 15.1. The molecule has 0 saturated carbocycles. The van der Waals surface area contributed by atoms with E-state index in [0.717, 1.165) is 33.6 Å². The normalized spacial score (nSPS) is 13.5. The van der Waals surface area contributed by atoms with Crippen molar-refractivity contribution in [2.24, 2.45) is 0 Å². The standard InChI is InChI=1S/C38H42N4O7S/c1-8-14-39-35(44)30-12-10-25(32(41-30)36(45)47-7)26-19-31-28(33-24(13-15-50-33)17-22(3)48-31)18-27(26)34(43)42-29-11-9-23(16-21(29)2)20-40-37(46)49-38(4,5)6/h9-13,15-16,18-19,22H,8,14,17,20H2,1-7H3,(H,39,44)(H,40,46)(H,42,43)/t22-/m0/s1. The number of carbonyl (C=O) groups is 4. The number of aromatic nitrogens is 1. The molecule has 0 radical (unpaired) electrons. The summed E-state index contributed by atoms with van der Waals surface area (Å²) in [4.78, 5) is 57.8. The number of rotatable bonds is 9. The lowest BCUT2D eigenvalue weighted by Gasteiger charge is -2.20. The number of carbonyl (C=O) groups excluding carboxylic acids is 4. The van der Waals surface area contributed by atoms with Crippen LogP contribution in [0.1, 0.15) is 89.1 Å². The van der Waals surface area contributed by atoms with Gasteiger partial charge in [-0.25, -0.2) is 14.6 Å². The predicted octanol–water partition coefficient (Wildman–Crippen LogP) is 7.31. The van der Waals surface area contributed by atoms with Gasteiger partial charge in [-0.2, -0.15) is 0 Å². The molecule has 262 valence electrons. The molecule has 2 aromatic carbocycles. The summed E-state index contributed by atoms with van der Waals surface area (Å²) in [6.07, 6.45) is 0.753. The molecule has 3 amide bonds. The molecule has 4 aromatic rings. The van der Waals surface area contributed by atoms with Gasteiger partial charge in [0, 0.05) is 52.3 Å². The van der Waals surface area contributed by atoms with Gasteiger partial charge in [0.15, 0.2) is 5.69 Å². The number of hydrogen-bond acceptors (Lipinski definition) is 9. The summed E-state index contributed by atoms with van der Waals surface area (Å²) < 4.78 is 16.8. The molecule has 0 saturated heterocycles. The number of fused-ring (bicyclic) bond motifs is 3. The van der Waals surface area contributed by atoms with E-state index in [1.165, 1.54) is 13.2 Å². The number of anilines is 1. The highest BCUT2D eigenvalue weighted by Gasteiger charge is 2.28. The minimum atomic E-state index is -0.757. The van der Waals surface area contributed by atoms with Crippen molar-refractivity contribution in [2.75, 3.05) is 19.0 Å². The van der Waals surface area contributed by atoms with E-state index in [9.17, 15) is 19.2 Å². The van der Waals surface area contributed by atoms with Crippen LogP contribution in [0.5, 0.6) is 5.75 Å². The number of benzene rings is 2. The average molecular weight is 699 g/mol. The summed E-state index contributed by atoms with van der Waals surface area (Å²) in [5, 5.41) is 10.6. The molecule has 5 rings (SSSR count). The van der Waals surface area contributed by atoms with Crippen molar-refractivity contribution in [1.29, 1.82) is 0 Å². The van der Waals surface area contributed by atoms with Gasteiger partial charge in [0.1, 0.15) is 23.1 Å². The Morgan fingerprint density at radius 2 is 1.76 bits per heavy atom. The fourth-order valence-electron chi connectivity index (χ4n) is 5.60. The number of methoxy groups -OCH3 is 1. The molecule has 0 spiro atoms. The molecule has 0 bridgehead atoms. The second-order valence-electron chi connectivity index (χ2n) is 13.1. The zero-order chi connectivity index (χ0) is 36.2. The monoisotopic (exact) mass is 698 g/mol. The van der Waals surface area contributed by atoms with Gasteiger partial charge < -0.3 is 30.2 Å². The molecule has 1 aliphatic rings. The molecule has 0 fully saturated rings. The summed E-state index contributed by atoms with van der Waals surface area (Å²) >= 11 is 1.56. The van der Waals surface area contributed by atoms with E-state index < -0.39 is 29.5 Å². The first-order valence-corrected chi connectivity index (χ1v) is 17.3. The lowest BCUT2D eigenvalue weighted by Crippen LogP contribution is -2.32. The number of nitrogens with zero attached hydrogens (tertiary/aromatic N) is 1. The fourth-order valence-corrected chi connectivity index (χ4v) is 6.56. The molecule has 0 aliphatic carbocycles. The highest BCUT2D eigenvalue weighted by molar-refractivity contribution is 7.13. The molecular formula is C38H42N4O7S. The first-order valence-electron chi connectivity index (χ1n) is 16.4. The van der Waals surface area contributed by atoms with Crippen LogP contribution in [0, 0.1) is 6.92 Å². The zero-order valence-corrected chi connectivity index (χ0v) is 30.1. The first kappa shape index (κ1) is 36.1. The fraction of sp³-hybridized carbons (Fsp3) is 0.342. The summed E-state index contributed by atoms with van der Waals surface area (Å²) in [5.74, 6) is -1.05. The maximum absolute atomic E-state index is 14.3. The van der Waals surface area contributed by atoms with E-state index in [0.29, 0.717) is 35.5 Å². The number of hydrogen-bond donors (Lipinski definition) is 3. The topological polar surface area (TPSA) is 145 Å². The number of ether oxygens (including phenoxy) is 3. The molecule has 0 unspecified atom stereocenters. The third-order valence-electron chi connectivity index (χ3n) is 7.90. The number of nitrogens with one attached hydrogen (secondary N) is 3. The molecule has 1 aliphatic heterocycles. The number of aryl methyl sites for hydroxylation is 1. The van der Waals surface area contributed by atoms with Gasteiger partial charge in [0.05, 0.1) is 7.11 Å². The summed E-state index contributed by atoms with van der Waals surface area (Å²) in [5.41, 5.74) is 4.33. The van der Waals surface area contributed by atoms with Gasteiger partial charge in [-0.05, 0) is 99.5 Å². The first-order chi connectivity index (χ1) is 23.8. The van der Waals surface area contributed by atoms with Crippen molar-refractivity contribution >= 4 is 40.9 Å². The van der Waals surface area contributed by atoms with Crippen LogP contribution in [0.4, 0.5) is 10.5 Å². The number of alkyl carbamates (subject to hydrolysis) is 1. The Morgan fingerprint density at radius 1 is 0.980 bits per heavy atom. The molecule has 2 aromatic heterocycles. The van der Waals surface area contributed by atoms with Gasteiger partial charge in [0.25, 0.3) is 11.8 Å². The molecule has 50 heavy (non-hydrogen) atoms. The van der Waals surface area contributed by atoms with Gasteiger partial charge in [-0.3, -0.25) is 9.59 Å². The maximum atomic E-state index is 14.3. The predicted molar refractivity (Wildman–Crippen MR) is 193 cm³/mol. The van der Waals surface area contributed by atoms with E-state index in [1.807, 2.05) is 38.3 Å². The van der Waals surface area contributed by atoms with Crippen LogP contribution >= 0.6 is 11.3 Å². The largest absolute Gasteiger partial charge is 0.490 e. The van der Waals surface area contributed by atoms with Crippen molar-refractivity contribution in [3.05, 3.63) is 87.6 Å². The van der Waals surface area contributed by atoms with Crippen LogP contribution in [0.25, 0.3) is 21.6 Å². The maximum Gasteiger partial charge on any atom is 0.407 e. The number of thiophene rings is 1. The molecule has 1 atom stereocenters. The van der Waals surface area contributed by atoms with E-state index in [2.05, 4.69) is 27.0 Å². The van der Waals surface area contributed by atoms with Gasteiger partial charge >= 0.3 is 12.1 Å². The number of esters is 1.